The van der Waals surface area contributed by atoms with E-state index in [0.29, 0.717) is 32.1 Å². The Labute approximate surface area is 214 Å². The fourth-order valence-electron chi connectivity index (χ4n) is 2.60. The first-order valence-corrected chi connectivity index (χ1v) is 11.7. The third kappa shape index (κ3) is 14.1. The van der Waals surface area contributed by atoms with Gasteiger partial charge in [0.05, 0.1) is 12.4 Å². The predicted molar refractivity (Wildman–Crippen MR) is 116 cm³/mol. The van der Waals surface area contributed by atoms with Crippen LogP contribution >= 0.6 is 0 Å². The van der Waals surface area contributed by atoms with Gasteiger partial charge in [0.2, 0.25) is 0 Å². The standard InChI is InChI=1S/C21H34O9S.Na.H/c1-6-11-21(14-29-18(22)16(2)3,15-30-19(23)17(4)5)20(24)28-12-9-7-8-10-13-31(25,26)27;;/h2,4,6-15H2,1,3,5H3,(H,25,26,27);;/q;+1;-1. The van der Waals surface area contributed by atoms with Crippen molar-refractivity contribution in [3.63, 3.8) is 0 Å². The molecule has 0 aliphatic rings. The van der Waals surface area contributed by atoms with Crippen molar-refractivity contribution in [1.29, 1.82) is 0 Å². The zero-order valence-electron chi connectivity index (χ0n) is 20.6. The second kappa shape index (κ2) is 16.4. The molecule has 0 unspecified atom stereocenters. The second-order valence-corrected chi connectivity index (χ2v) is 9.15. The minimum Gasteiger partial charge on any atom is -1.00 e. The molecule has 0 spiro atoms. The van der Waals surface area contributed by atoms with E-state index in [9.17, 15) is 22.8 Å². The van der Waals surface area contributed by atoms with Gasteiger partial charge in [-0.2, -0.15) is 8.42 Å². The maximum atomic E-state index is 12.9. The Morgan fingerprint density at radius 1 is 0.906 bits per heavy atom. The molecule has 0 radical (unpaired) electrons. The molecule has 0 heterocycles. The van der Waals surface area contributed by atoms with Crippen LogP contribution in [0.5, 0.6) is 0 Å². The minimum atomic E-state index is -3.98. The molecule has 32 heavy (non-hydrogen) atoms. The van der Waals surface area contributed by atoms with Crippen molar-refractivity contribution in [3.8, 4) is 0 Å². The van der Waals surface area contributed by atoms with Crippen LogP contribution in [0.4, 0.5) is 0 Å². The summed E-state index contributed by atoms with van der Waals surface area (Å²) in [5, 5.41) is 0. The van der Waals surface area contributed by atoms with Gasteiger partial charge in [0.1, 0.15) is 18.6 Å². The van der Waals surface area contributed by atoms with E-state index in [0.717, 1.165) is 0 Å². The number of esters is 3. The molecule has 1 N–H and O–H groups in total. The Balaban J connectivity index is -0.00000450. The Bertz CT molecular complexity index is 736. The third-order valence-electron chi connectivity index (χ3n) is 4.35. The van der Waals surface area contributed by atoms with E-state index in [1.54, 1.807) is 0 Å². The first-order chi connectivity index (χ1) is 14.3. The third-order valence-corrected chi connectivity index (χ3v) is 5.15. The fraction of sp³-hybridized carbons (Fsp3) is 0.667. The molecule has 0 amide bonds. The first kappa shape index (κ1) is 33.0. The number of hydrogen-bond acceptors (Lipinski definition) is 8. The molecule has 180 valence electrons. The summed E-state index contributed by atoms with van der Waals surface area (Å²) in [6.07, 6.45) is 2.73. The van der Waals surface area contributed by atoms with Crippen molar-refractivity contribution in [2.24, 2.45) is 5.41 Å². The normalized spacial score (nSPS) is 11.1. The monoisotopic (exact) mass is 486 g/mol. The zero-order valence-corrected chi connectivity index (χ0v) is 22.4. The van der Waals surface area contributed by atoms with Crippen LogP contribution in [0.15, 0.2) is 24.3 Å². The SMILES string of the molecule is C=C(C)C(=O)OCC(CCC)(COC(=O)C(=C)C)C(=O)OCCCCCCS(=O)(=O)O.[H-].[Na+]. The van der Waals surface area contributed by atoms with Crippen molar-refractivity contribution >= 4 is 28.0 Å². The van der Waals surface area contributed by atoms with Gasteiger partial charge in [-0.25, -0.2) is 9.59 Å². The summed E-state index contributed by atoms with van der Waals surface area (Å²) in [6, 6.07) is 0. The van der Waals surface area contributed by atoms with Gasteiger partial charge >= 0.3 is 47.5 Å². The van der Waals surface area contributed by atoms with Gasteiger partial charge in [0, 0.05) is 11.1 Å². The largest absolute Gasteiger partial charge is 1.00 e. The summed E-state index contributed by atoms with van der Waals surface area (Å²) < 4.78 is 45.8. The van der Waals surface area contributed by atoms with Gasteiger partial charge in [-0.3, -0.25) is 9.35 Å². The van der Waals surface area contributed by atoms with Crippen LogP contribution in [-0.2, 0) is 38.7 Å². The summed E-state index contributed by atoms with van der Waals surface area (Å²) >= 11 is 0. The van der Waals surface area contributed by atoms with E-state index in [4.69, 9.17) is 18.8 Å². The number of ether oxygens (including phenoxy) is 3. The van der Waals surface area contributed by atoms with Crippen LogP contribution in [0.3, 0.4) is 0 Å². The van der Waals surface area contributed by atoms with Crippen molar-refractivity contribution in [2.75, 3.05) is 25.6 Å². The molecule has 0 aromatic carbocycles. The molecule has 0 fully saturated rings. The summed E-state index contributed by atoms with van der Waals surface area (Å²) in [7, 11) is -3.98. The summed E-state index contributed by atoms with van der Waals surface area (Å²) in [6.45, 7) is 11.2. The van der Waals surface area contributed by atoms with E-state index in [-0.39, 0.29) is 74.1 Å². The van der Waals surface area contributed by atoms with E-state index in [2.05, 4.69) is 13.2 Å². The predicted octanol–water partition coefficient (Wildman–Crippen LogP) is 0.119. The fourth-order valence-corrected chi connectivity index (χ4v) is 3.17. The van der Waals surface area contributed by atoms with Gasteiger partial charge in [0.15, 0.2) is 0 Å². The van der Waals surface area contributed by atoms with E-state index in [1.165, 1.54) is 13.8 Å². The number of carbonyl (C=O) groups is 3. The number of rotatable bonds is 16. The molecule has 0 aromatic heterocycles. The number of carbonyl (C=O) groups excluding carboxylic acids is 3. The van der Waals surface area contributed by atoms with E-state index in [1.807, 2.05) is 6.92 Å². The first-order valence-electron chi connectivity index (χ1n) is 10.1. The Morgan fingerprint density at radius 3 is 1.78 bits per heavy atom. The van der Waals surface area contributed by atoms with E-state index < -0.39 is 33.4 Å². The average molecular weight is 487 g/mol. The Kier molecular flexibility index (Phi) is 16.9. The van der Waals surface area contributed by atoms with Crippen molar-refractivity contribution in [1.82, 2.24) is 0 Å². The van der Waals surface area contributed by atoms with Crippen LogP contribution in [0, 0.1) is 5.41 Å². The Hall–Kier alpha value is -1.20. The average Bonchev–Trinajstić information content (AvgIpc) is 2.67. The van der Waals surface area contributed by atoms with Gasteiger partial charge in [-0.15, -0.1) is 0 Å². The maximum Gasteiger partial charge on any atom is 1.00 e. The molecular formula is C21H35NaO9S. The van der Waals surface area contributed by atoms with Gasteiger partial charge in [0.25, 0.3) is 10.1 Å². The quantitative estimate of drug-likeness (QED) is 0.0806. The molecule has 0 saturated carbocycles. The molecular weight excluding hydrogens is 451 g/mol. The van der Waals surface area contributed by atoms with Crippen LogP contribution in [0.2, 0.25) is 0 Å². The molecule has 0 aliphatic heterocycles. The molecule has 0 aliphatic carbocycles. The van der Waals surface area contributed by atoms with Crippen molar-refractivity contribution < 1.29 is 72.5 Å². The smallest absolute Gasteiger partial charge is 1.00 e. The number of unbranched alkanes of at least 4 members (excludes halogenated alkanes) is 3. The van der Waals surface area contributed by atoms with Gasteiger partial charge in [-0.1, -0.05) is 39.3 Å². The van der Waals surface area contributed by atoms with Crippen molar-refractivity contribution in [3.05, 3.63) is 24.3 Å². The zero-order chi connectivity index (χ0) is 24.1. The molecule has 0 saturated heterocycles. The second-order valence-electron chi connectivity index (χ2n) is 7.58. The van der Waals surface area contributed by atoms with Crippen LogP contribution in [0.25, 0.3) is 0 Å². The summed E-state index contributed by atoms with van der Waals surface area (Å²) in [4.78, 5) is 36.6. The Morgan fingerprint density at radius 2 is 1.38 bits per heavy atom. The maximum absolute atomic E-state index is 12.9. The molecule has 0 atom stereocenters. The molecule has 9 nitrogen and oxygen atoms in total. The molecule has 0 bridgehead atoms. The van der Waals surface area contributed by atoms with Gasteiger partial charge in [-0.05, 0) is 33.1 Å². The van der Waals surface area contributed by atoms with Crippen LogP contribution in [0.1, 0.15) is 60.7 Å². The minimum absolute atomic E-state index is 0. The van der Waals surface area contributed by atoms with E-state index >= 15 is 0 Å². The topological polar surface area (TPSA) is 133 Å². The molecule has 11 heteroatoms. The van der Waals surface area contributed by atoms with Crippen molar-refractivity contribution in [2.45, 2.75) is 59.3 Å². The molecule has 0 rings (SSSR count). The molecule has 0 aromatic rings. The summed E-state index contributed by atoms with van der Waals surface area (Å²) in [5.74, 6) is -2.30. The van der Waals surface area contributed by atoms with Crippen LogP contribution in [-0.4, -0.2) is 56.5 Å². The summed E-state index contributed by atoms with van der Waals surface area (Å²) in [5.41, 5.74) is -1.03. The van der Waals surface area contributed by atoms with Gasteiger partial charge < -0.3 is 15.6 Å². The number of hydrogen-bond donors (Lipinski definition) is 1. The van der Waals surface area contributed by atoms with Crippen LogP contribution < -0.4 is 29.6 Å².